The molecule has 162 valence electrons. The van der Waals surface area contributed by atoms with Crippen LogP contribution in [0.25, 0.3) is 0 Å². The molecule has 1 N–H and O–H groups in total. The van der Waals surface area contributed by atoms with Crippen LogP contribution < -0.4 is 10.4 Å². The molecule has 1 aliphatic carbocycles. The molecule has 2 rings (SSSR count). The number of aryl methyl sites for hydroxylation is 1. The van der Waals surface area contributed by atoms with Crippen LogP contribution in [-0.2, 0) is 27.2 Å². The van der Waals surface area contributed by atoms with E-state index in [-0.39, 0.29) is 18.9 Å². The van der Waals surface area contributed by atoms with Crippen molar-refractivity contribution in [3.63, 3.8) is 0 Å². The van der Waals surface area contributed by atoms with Crippen molar-refractivity contribution in [3.05, 3.63) is 16.0 Å². The molecule has 1 amide bonds. The molecule has 0 bridgehead atoms. The first-order valence-corrected chi connectivity index (χ1v) is 11.5. The van der Waals surface area contributed by atoms with Crippen molar-refractivity contribution in [2.75, 3.05) is 5.32 Å². The number of nitrogens with one attached hydrogen (secondary N) is 1. The topological polar surface area (TPSA) is 95.5 Å². The zero-order valence-electron chi connectivity index (χ0n) is 17.5. The summed E-state index contributed by atoms with van der Waals surface area (Å²) in [6, 6.07) is 0. The van der Waals surface area contributed by atoms with Gasteiger partial charge in [-0.25, -0.2) is 4.79 Å². The number of anilines is 1. The number of amides is 1. The number of thiophene rings is 1. The minimum atomic E-state index is -1.27. The number of rotatable bonds is 6. The number of carbonyl (C=O) groups is 3. The van der Waals surface area contributed by atoms with Gasteiger partial charge in [-0.3, -0.25) is 4.79 Å². The van der Waals surface area contributed by atoms with Crippen molar-refractivity contribution in [1.29, 1.82) is 0 Å². The van der Waals surface area contributed by atoms with Gasteiger partial charge >= 0.3 is 5.97 Å². The zero-order valence-corrected chi connectivity index (χ0v) is 18.3. The van der Waals surface area contributed by atoms with Crippen LogP contribution in [0.15, 0.2) is 0 Å². The SMILES string of the molecule is CC(C)OC(=O)c1c(NC(=O)CCC(=O)[O-])sc2c1CCCCCCCCCC2. The summed E-state index contributed by atoms with van der Waals surface area (Å²) in [5, 5.41) is 13.9. The van der Waals surface area contributed by atoms with Gasteiger partial charge in [0.25, 0.3) is 0 Å². The molecule has 29 heavy (non-hydrogen) atoms. The van der Waals surface area contributed by atoms with E-state index in [2.05, 4.69) is 5.32 Å². The third kappa shape index (κ3) is 7.80. The molecule has 0 aliphatic heterocycles. The Morgan fingerprint density at radius 1 is 0.966 bits per heavy atom. The Morgan fingerprint density at radius 2 is 1.55 bits per heavy atom. The average molecular weight is 423 g/mol. The van der Waals surface area contributed by atoms with Crippen molar-refractivity contribution in [1.82, 2.24) is 0 Å². The summed E-state index contributed by atoms with van der Waals surface area (Å²) < 4.78 is 5.47. The van der Waals surface area contributed by atoms with E-state index in [0.717, 1.165) is 49.0 Å². The highest BCUT2D eigenvalue weighted by Crippen LogP contribution is 2.37. The fraction of sp³-hybridized carbons (Fsp3) is 0.682. The van der Waals surface area contributed by atoms with Crippen molar-refractivity contribution in [2.45, 2.75) is 97.0 Å². The summed E-state index contributed by atoms with van der Waals surface area (Å²) in [4.78, 5) is 36.9. The molecule has 0 aromatic carbocycles. The number of carboxylic acids is 1. The lowest BCUT2D eigenvalue weighted by atomic mass is 9.97. The van der Waals surface area contributed by atoms with Crippen LogP contribution in [0.3, 0.4) is 0 Å². The summed E-state index contributed by atoms with van der Waals surface area (Å²) in [7, 11) is 0. The Kier molecular flexibility index (Phi) is 9.64. The molecule has 1 aliphatic rings. The minimum absolute atomic E-state index is 0.177. The molecule has 1 aromatic rings. The van der Waals surface area contributed by atoms with Crippen molar-refractivity contribution in [3.8, 4) is 0 Å². The number of ether oxygens (including phenoxy) is 1. The molecular weight excluding hydrogens is 390 g/mol. The first-order valence-electron chi connectivity index (χ1n) is 10.7. The number of carboxylic acid groups (broad SMARTS) is 1. The number of hydrogen-bond acceptors (Lipinski definition) is 6. The van der Waals surface area contributed by atoms with E-state index in [1.165, 1.54) is 37.0 Å². The van der Waals surface area contributed by atoms with Gasteiger partial charge in [0.2, 0.25) is 5.91 Å². The van der Waals surface area contributed by atoms with Gasteiger partial charge in [-0.1, -0.05) is 38.5 Å². The van der Waals surface area contributed by atoms with Gasteiger partial charge in [-0.05, 0) is 51.5 Å². The normalized spacial score (nSPS) is 15.7. The Balaban J connectivity index is 2.31. The van der Waals surface area contributed by atoms with E-state index in [0.29, 0.717) is 10.6 Å². The van der Waals surface area contributed by atoms with E-state index in [4.69, 9.17) is 4.74 Å². The van der Waals surface area contributed by atoms with Gasteiger partial charge in [0.05, 0.1) is 11.7 Å². The van der Waals surface area contributed by atoms with Crippen LogP contribution in [-0.4, -0.2) is 23.9 Å². The summed E-state index contributed by atoms with van der Waals surface area (Å²) in [5.74, 6) is -2.11. The fourth-order valence-corrected chi connectivity index (χ4v) is 4.90. The molecule has 0 saturated heterocycles. The van der Waals surface area contributed by atoms with Gasteiger partial charge < -0.3 is 20.0 Å². The van der Waals surface area contributed by atoms with Crippen LogP contribution in [0.5, 0.6) is 0 Å². The zero-order chi connectivity index (χ0) is 21.2. The number of fused-ring (bicyclic) bond motifs is 1. The Labute approximate surface area is 177 Å². The third-order valence-corrected chi connectivity index (χ3v) is 6.23. The fourth-order valence-electron chi connectivity index (χ4n) is 3.61. The number of esters is 1. The smallest absolute Gasteiger partial charge is 0.341 e. The first kappa shape index (κ1) is 23.4. The summed E-state index contributed by atoms with van der Waals surface area (Å²) in [6.45, 7) is 3.60. The van der Waals surface area contributed by atoms with E-state index in [9.17, 15) is 19.5 Å². The lowest BCUT2D eigenvalue weighted by Crippen LogP contribution is -2.24. The Hall–Kier alpha value is -1.89. The van der Waals surface area contributed by atoms with E-state index < -0.39 is 17.8 Å². The number of aliphatic carboxylic acids is 1. The van der Waals surface area contributed by atoms with Crippen LogP contribution in [0, 0.1) is 0 Å². The van der Waals surface area contributed by atoms with E-state index >= 15 is 0 Å². The summed E-state index contributed by atoms with van der Waals surface area (Å²) in [5.41, 5.74) is 1.45. The van der Waals surface area contributed by atoms with Gasteiger partial charge in [-0.2, -0.15) is 0 Å². The molecule has 0 spiro atoms. The Bertz CT molecular complexity index is 710. The molecule has 6 nitrogen and oxygen atoms in total. The van der Waals surface area contributed by atoms with Crippen molar-refractivity contribution in [2.24, 2.45) is 0 Å². The quantitative estimate of drug-likeness (QED) is 0.699. The highest BCUT2D eigenvalue weighted by Gasteiger charge is 2.26. The summed E-state index contributed by atoms with van der Waals surface area (Å²) >= 11 is 1.43. The molecule has 0 unspecified atom stereocenters. The second-order valence-electron chi connectivity index (χ2n) is 7.91. The molecule has 1 heterocycles. The van der Waals surface area contributed by atoms with Crippen LogP contribution in [0.2, 0.25) is 0 Å². The van der Waals surface area contributed by atoms with E-state index in [1.54, 1.807) is 13.8 Å². The predicted octanol–water partition coefficient (Wildman–Crippen LogP) is 4.00. The van der Waals surface area contributed by atoms with E-state index in [1.807, 2.05) is 0 Å². The molecule has 0 atom stereocenters. The molecular formula is C22H32NO5S-. The highest BCUT2D eigenvalue weighted by atomic mass is 32.1. The molecule has 0 radical (unpaired) electrons. The lowest BCUT2D eigenvalue weighted by Gasteiger charge is -2.13. The average Bonchev–Trinajstić information content (AvgIpc) is 2.96. The number of carbonyl (C=O) groups excluding carboxylic acids is 3. The standard InChI is InChI=1S/C22H33NO5S/c1-15(2)28-22(27)20-16-11-9-7-5-3-4-6-8-10-12-17(16)29-21(20)23-18(24)13-14-19(25)26/h15H,3-14H2,1-2H3,(H,23,24)(H,25,26)/p-1. The third-order valence-electron chi connectivity index (χ3n) is 5.03. The van der Waals surface area contributed by atoms with Gasteiger partial charge in [-0.15, -0.1) is 11.3 Å². The second-order valence-corrected chi connectivity index (χ2v) is 9.02. The maximum atomic E-state index is 12.9. The molecule has 1 aromatic heterocycles. The van der Waals surface area contributed by atoms with Crippen LogP contribution in [0.1, 0.15) is 98.9 Å². The maximum absolute atomic E-state index is 12.9. The monoisotopic (exact) mass is 422 g/mol. The highest BCUT2D eigenvalue weighted by molar-refractivity contribution is 7.17. The second kappa shape index (κ2) is 12.0. The lowest BCUT2D eigenvalue weighted by molar-refractivity contribution is -0.305. The maximum Gasteiger partial charge on any atom is 0.341 e. The van der Waals surface area contributed by atoms with Gasteiger partial charge in [0.1, 0.15) is 5.00 Å². The summed E-state index contributed by atoms with van der Waals surface area (Å²) in [6.07, 6.45) is 10.2. The predicted molar refractivity (Wildman–Crippen MR) is 112 cm³/mol. The first-order chi connectivity index (χ1) is 13.9. The van der Waals surface area contributed by atoms with Crippen molar-refractivity contribution < 1.29 is 24.2 Å². The van der Waals surface area contributed by atoms with Crippen LogP contribution in [0.4, 0.5) is 5.00 Å². The molecule has 0 saturated carbocycles. The largest absolute Gasteiger partial charge is 0.550 e. The molecule has 7 heteroatoms. The Morgan fingerprint density at radius 3 is 2.14 bits per heavy atom. The minimum Gasteiger partial charge on any atom is -0.550 e. The van der Waals surface area contributed by atoms with Crippen LogP contribution >= 0.6 is 11.3 Å². The number of hydrogen-bond donors (Lipinski definition) is 1. The van der Waals surface area contributed by atoms with Crippen molar-refractivity contribution >= 4 is 34.2 Å². The molecule has 0 fully saturated rings. The van der Waals surface area contributed by atoms with Gasteiger partial charge in [0, 0.05) is 17.3 Å². The van der Waals surface area contributed by atoms with Gasteiger partial charge in [0.15, 0.2) is 0 Å².